The second kappa shape index (κ2) is 6.35. The van der Waals surface area contributed by atoms with E-state index in [1.807, 2.05) is 6.07 Å². The molecule has 0 radical (unpaired) electrons. The molecule has 0 atom stereocenters. The lowest BCUT2D eigenvalue weighted by Gasteiger charge is -2.08. The number of aromatic amines is 1. The second-order valence-electron chi connectivity index (χ2n) is 4.70. The largest absolute Gasteiger partial charge is 0.330 e. The molecule has 0 spiro atoms. The highest BCUT2D eigenvalue weighted by Crippen LogP contribution is 2.24. The van der Waals surface area contributed by atoms with Crippen LogP contribution in [0.5, 0.6) is 0 Å². The molecule has 0 saturated heterocycles. The number of benzene rings is 2. The molecule has 0 bridgehead atoms. The second-order valence-corrected chi connectivity index (χ2v) is 7.17. The average Bonchev–Trinajstić information content (AvgIpc) is 2.48. The van der Waals surface area contributed by atoms with Crippen LogP contribution in [0.3, 0.4) is 0 Å². The maximum absolute atomic E-state index is 12.7. The summed E-state index contributed by atoms with van der Waals surface area (Å²) < 4.78 is 1.77. The van der Waals surface area contributed by atoms with E-state index in [0.29, 0.717) is 16.1 Å². The molecule has 0 fully saturated rings. The van der Waals surface area contributed by atoms with Gasteiger partial charge in [-0.15, -0.1) is 0 Å². The Morgan fingerprint density at radius 1 is 1.22 bits per heavy atom. The summed E-state index contributed by atoms with van der Waals surface area (Å²) in [6, 6.07) is 9.85. The van der Waals surface area contributed by atoms with Crippen molar-refractivity contribution in [2.24, 2.45) is 0 Å². The van der Waals surface area contributed by atoms with Crippen LogP contribution in [0.4, 0.5) is 0 Å². The first-order valence-electron chi connectivity index (χ1n) is 6.33. The first kappa shape index (κ1) is 16.6. The number of aromatic nitrogens is 2. The summed E-state index contributed by atoms with van der Waals surface area (Å²) in [7, 11) is 0. The number of fused-ring (bicyclic) bond motifs is 1. The molecule has 3 rings (SSSR count). The smallest absolute Gasteiger partial charge is 0.269 e. The summed E-state index contributed by atoms with van der Waals surface area (Å²) in [5.74, 6) is -0.507. The Labute approximate surface area is 159 Å². The highest BCUT2D eigenvalue weighted by atomic mass is 127. The minimum Gasteiger partial charge on any atom is -0.330 e. The van der Waals surface area contributed by atoms with Crippen LogP contribution in [0.15, 0.2) is 41.2 Å². The first-order chi connectivity index (χ1) is 10.9. The van der Waals surface area contributed by atoms with Crippen molar-refractivity contribution in [2.45, 2.75) is 0 Å². The van der Waals surface area contributed by atoms with Crippen LogP contribution in [0, 0.1) is 8.34 Å². The minimum absolute atomic E-state index is 0.0180. The molecule has 1 N–H and O–H groups in total. The molecule has 0 saturated carbocycles. The Balaban J connectivity index is 2.33. The zero-order valence-corrected chi connectivity index (χ0v) is 15.8. The van der Waals surface area contributed by atoms with E-state index in [2.05, 4.69) is 27.6 Å². The maximum atomic E-state index is 12.7. The van der Waals surface area contributed by atoms with E-state index in [-0.39, 0.29) is 15.2 Å². The van der Waals surface area contributed by atoms with Crippen molar-refractivity contribution < 1.29 is 4.79 Å². The maximum Gasteiger partial charge on any atom is 0.269 e. The fraction of sp³-hybridized carbons (Fsp3) is 0. The third-order valence-corrected chi connectivity index (χ3v) is 4.67. The van der Waals surface area contributed by atoms with E-state index < -0.39 is 11.5 Å². The summed E-state index contributed by atoms with van der Waals surface area (Å²) >= 11 is 19.3. The summed E-state index contributed by atoms with van der Waals surface area (Å²) in [5, 5.41) is 0.776. The number of rotatable bonds is 1. The monoisotopic (exact) mass is 476 g/mol. The normalized spacial score (nSPS) is 10.9. The molecule has 3 aromatic rings. The van der Waals surface area contributed by atoms with Crippen molar-refractivity contribution in [2.75, 3.05) is 0 Å². The summed E-state index contributed by atoms with van der Waals surface area (Å²) in [4.78, 5) is 28.2. The van der Waals surface area contributed by atoms with Gasteiger partial charge in [0.2, 0.25) is 0 Å². The van der Waals surface area contributed by atoms with Gasteiger partial charge in [-0.2, -0.15) is 0 Å². The molecule has 0 unspecified atom stereocenters. The first-order valence-corrected chi connectivity index (χ1v) is 8.57. The summed E-state index contributed by atoms with van der Waals surface area (Å²) in [6.07, 6.45) is 0. The van der Waals surface area contributed by atoms with Crippen LogP contribution in [0.2, 0.25) is 10.0 Å². The van der Waals surface area contributed by atoms with Gasteiger partial charge in [-0.05, 0) is 65.1 Å². The molecule has 0 aliphatic heterocycles. The molecule has 8 heteroatoms. The number of hydrogen-bond donors (Lipinski definition) is 1. The van der Waals surface area contributed by atoms with Gasteiger partial charge in [-0.25, -0.2) is 4.57 Å². The molecule has 23 heavy (non-hydrogen) atoms. The molecule has 0 amide bonds. The number of hydrogen-bond acceptors (Lipinski definition) is 3. The lowest BCUT2D eigenvalue weighted by Crippen LogP contribution is -2.29. The zero-order valence-electron chi connectivity index (χ0n) is 11.3. The standard InChI is InChI=1S/C15H7Cl2IN2O2S/c16-8-5-10-12(11(17)6-8)19-15(23)20(14(10)22)13(21)7-2-1-3-9(18)4-7/h1-6H,(H,19,23). The van der Waals surface area contributed by atoms with Gasteiger partial charge >= 0.3 is 0 Å². The predicted molar refractivity (Wildman–Crippen MR) is 102 cm³/mol. The quantitative estimate of drug-likeness (QED) is 0.410. The van der Waals surface area contributed by atoms with E-state index in [9.17, 15) is 9.59 Å². The van der Waals surface area contributed by atoms with Crippen molar-refractivity contribution in [1.29, 1.82) is 0 Å². The van der Waals surface area contributed by atoms with Gasteiger partial charge in [0.1, 0.15) is 0 Å². The number of H-pyrrole nitrogens is 1. The highest BCUT2D eigenvalue weighted by Gasteiger charge is 2.16. The van der Waals surface area contributed by atoms with E-state index in [0.717, 1.165) is 8.14 Å². The SMILES string of the molecule is O=C(c1cccc(I)c1)n1c(=S)[nH]c2c(Cl)cc(Cl)cc2c1=O. The van der Waals surface area contributed by atoms with Gasteiger partial charge in [0, 0.05) is 14.2 Å². The fourth-order valence-electron chi connectivity index (χ4n) is 2.18. The van der Waals surface area contributed by atoms with Gasteiger partial charge < -0.3 is 4.98 Å². The minimum atomic E-state index is -0.558. The number of nitrogens with one attached hydrogen (secondary N) is 1. The predicted octanol–water partition coefficient (Wildman–Crippen LogP) is 4.66. The van der Waals surface area contributed by atoms with Crippen LogP contribution in [-0.4, -0.2) is 15.5 Å². The average molecular weight is 477 g/mol. The topological polar surface area (TPSA) is 54.9 Å². The molecule has 1 heterocycles. The third kappa shape index (κ3) is 3.08. The van der Waals surface area contributed by atoms with E-state index >= 15 is 0 Å². The molecular formula is C15H7Cl2IN2O2S. The lowest BCUT2D eigenvalue weighted by atomic mass is 10.2. The van der Waals surface area contributed by atoms with Crippen molar-refractivity contribution in [3.05, 3.63) is 70.7 Å². The van der Waals surface area contributed by atoms with Crippen LogP contribution >= 0.6 is 58.0 Å². The molecule has 1 aromatic heterocycles. The number of nitrogens with zero attached hydrogens (tertiary/aromatic N) is 1. The third-order valence-electron chi connectivity index (χ3n) is 3.20. The lowest BCUT2D eigenvalue weighted by molar-refractivity contribution is 0.0953. The molecule has 4 nitrogen and oxygen atoms in total. The Morgan fingerprint density at radius 2 is 1.96 bits per heavy atom. The summed E-state index contributed by atoms with van der Waals surface area (Å²) in [6.45, 7) is 0. The molecule has 2 aromatic carbocycles. The van der Waals surface area contributed by atoms with Crippen molar-refractivity contribution >= 4 is 74.8 Å². The highest BCUT2D eigenvalue weighted by molar-refractivity contribution is 14.1. The zero-order chi connectivity index (χ0) is 16.7. The van der Waals surface area contributed by atoms with Crippen LogP contribution in [0.25, 0.3) is 10.9 Å². The van der Waals surface area contributed by atoms with E-state index in [1.54, 1.807) is 18.2 Å². The Kier molecular flexibility index (Phi) is 4.59. The fourth-order valence-corrected chi connectivity index (χ4v) is 3.53. The molecule has 116 valence electrons. The van der Waals surface area contributed by atoms with Crippen LogP contribution in [0.1, 0.15) is 10.4 Å². The molecular weight excluding hydrogens is 470 g/mol. The molecule has 0 aliphatic carbocycles. The van der Waals surface area contributed by atoms with Gasteiger partial charge in [-0.3, -0.25) is 9.59 Å². The van der Waals surface area contributed by atoms with Crippen molar-refractivity contribution in [1.82, 2.24) is 9.55 Å². The van der Waals surface area contributed by atoms with E-state index in [4.69, 9.17) is 35.4 Å². The Morgan fingerprint density at radius 3 is 2.65 bits per heavy atom. The van der Waals surface area contributed by atoms with Gasteiger partial charge in [0.15, 0.2) is 4.77 Å². The van der Waals surface area contributed by atoms with Crippen molar-refractivity contribution in [3.8, 4) is 0 Å². The van der Waals surface area contributed by atoms with Gasteiger partial charge in [0.25, 0.3) is 11.5 Å². The summed E-state index contributed by atoms with van der Waals surface area (Å²) in [5.41, 5.74) is 0.167. The van der Waals surface area contributed by atoms with Crippen molar-refractivity contribution in [3.63, 3.8) is 0 Å². The van der Waals surface area contributed by atoms with E-state index in [1.165, 1.54) is 12.1 Å². The Bertz CT molecular complexity index is 1080. The Hall–Kier alpha value is -1.22. The van der Waals surface area contributed by atoms with Gasteiger partial charge in [-0.1, -0.05) is 29.3 Å². The number of carbonyl (C=O) groups excluding carboxylic acids is 1. The van der Waals surface area contributed by atoms with Crippen LogP contribution < -0.4 is 5.56 Å². The number of halogens is 3. The number of carbonyl (C=O) groups is 1. The van der Waals surface area contributed by atoms with Crippen LogP contribution in [-0.2, 0) is 0 Å². The van der Waals surface area contributed by atoms with Gasteiger partial charge in [0.05, 0.1) is 15.9 Å². The molecule has 0 aliphatic rings.